The van der Waals surface area contributed by atoms with Crippen LogP contribution in [0.5, 0.6) is 0 Å². The van der Waals surface area contributed by atoms with Crippen LogP contribution in [0.1, 0.15) is 30.9 Å². The van der Waals surface area contributed by atoms with Crippen LogP contribution < -0.4 is 27.4 Å². The molecule has 0 saturated carbocycles. The number of rotatable bonds is 16. The molecule has 3 aromatic carbocycles. The van der Waals surface area contributed by atoms with Crippen molar-refractivity contribution in [2.75, 3.05) is 6.54 Å². The molecule has 45 heavy (non-hydrogen) atoms. The third-order valence-electron chi connectivity index (χ3n) is 6.58. The summed E-state index contributed by atoms with van der Waals surface area (Å²) in [7, 11) is 0. The van der Waals surface area contributed by atoms with Crippen LogP contribution >= 0.6 is 0 Å². The summed E-state index contributed by atoms with van der Waals surface area (Å²) >= 11 is 0. The summed E-state index contributed by atoms with van der Waals surface area (Å²) in [6, 6.07) is 21.9. The molecule has 0 radical (unpaired) electrons. The van der Waals surface area contributed by atoms with Gasteiger partial charge < -0.3 is 32.5 Å². The summed E-state index contributed by atoms with van der Waals surface area (Å²) in [4.78, 5) is 54.8. The van der Waals surface area contributed by atoms with E-state index in [1.54, 1.807) is 48.5 Å². The van der Waals surface area contributed by atoms with Gasteiger partial charge in [-0.2, -0.15) is 10.2 Å². The summed E-state index contributed by atoms with van der Waals surface area (Å²) in [5, 5.41) is 25.5. The highest BCUT2D eigenvalue weighted by molar-refractivity contribution is 5.93. The first kappa shape index (κ1) is 33.9. The van der Waals surface area contributed by atoms with Gasteiger partial charge in [0.1, 0.15) is 18.1 Å². The number of azo groups is 1. The third kappa shape index (κ3) is 12.3. The summed E-state index contributed by atoms with van der Waals surface area (Å²) in [6.07, 6.45) is 0.632. The van der Waals surface area contributed by atoms with Crippen LogP contribution in [0.3, 0.4) is 0 Å². The van der Waals surface area contributed by atoms with Gasteiger partial charge in [-0.3, -0.25) is 24.2 Å². The molecule has 3 amide bonds. The van der Waals surface area contributed by atoms with Gasteiger partial charge >= 0.3 is 5.97 Å². The standard InChI is InChI=1S/C32H38N8O5/c1-21(31(44)45)36-30(43)27(19-22-9-4-2-5-10-22)38-29(42)26(13-8-18-35-32(33)34)37-28(41)20-23-14-16-25(17-15-23)40-39-24-11-6-3-7-12-24/h2-7,9-12,14-17,21,26-27H,8,13,18-20H2,1H3,(H,36,43)(H,37,41)(H,38,42)(H,44,45)(H4,33,34,35)/t21-,26-,27-/m0/s1. The molecule has 236 valence electrons. The largest absolute Gasteiger partial charge is 0.480 e. The highest BCUT2D eigenvalue weighted by atomic mass is 16.4. The lowest BCUT2D eigenvalue weighted by Crippen LogP contribution is -2.56. The van der Waals surface area contributed by atoms with Crippen LogP contribution in [0.4, 0.5) is 11.4 Å². The van der Waals surface area contributed by atoms with E-state index in [1.165, 1.54) is 6.92 Å². The van der Waals surface area contributed by atoms with E-state index < -0.39 is 41.8 Å². The Bertz CT molecular complexity index is 1480. The number of amides is 3. The molecule has 13 heteroatoms. The maximum atomic E-state index is 13.5. The van der Waals surface area contributed by atoms with Crippen LogP contribution in [-0.2, 0) is 32.0 Å². The number of nitrogens with one attached hydrogen (secondary N) is 3. The molecule has 3 atom stereocenters. The second-order valence-corrected chi connectivity index (χ2v) is 10.3. The summed E-state index contributed by atoms with van der Waals surface area (Å²) in [5.74, 6) is -3.01. The van der Waals surface area contributed by atoms with Gasteiger partial charge in [0.2, 0.25) is 17.7 Å². The minimum absolute atomic E-state index is 0.0160. The van der Waals surface area contributed by atoms with Gasteiger partial charge in [0.05, 0.1) is 17.8 Å². The second kappa shape index (κ2) is 17.5. The van der Waals surface area contributed by atoms with Gasteiger partial charge in [0, 0.05) is 13.0 Å². The number of carboxylic acid groups (broad SMARTS) is 1. The fourth-order valence-corrected chi connectivity index (χ4v) is 4.20. The first-order valence-corrected chi connectivity index (χ1v) is 14.4. The number of carboxylic acids is 1. The Morgan fingerprint density at radius 2 is 1.31 bits per heavy atom. The van der Waals surface area contributed by atoms with Crippen LogP contribution in [-0.4, -0.2) is 59.4 Å². The van der Waals surface area contributed by atoms with Crippen molar-refractivity contribution in [3.8, 4) is 0 Å². The monoisotopic (exact) mass is 614 g/mol. The van der Waals surface area contributed by atoms with Crippen molar-refractivity contribution >= 4 is 41.0 Å². The fraction of sp³-hybridized carbons (Fsp3) is 0.281. The van der Waals surface area contributed by atoms with Crippen molar-refractivity contribution in [3.05, 3.63) is 96.1 Å². The fourth-order valence-electron chi connectivity index (χ4n) is 4.20. The van der Waals surface area contributed by atoms with Gasteiger partial charge in [-0.05, 0) is 55.2 Å². The van der Waals surface area contributed by atoms with Crippen molar-refractivity contribution in [2.45, 2.75) is 50.7 Å². The van der Waals surface area contributed by atoms with Crippen molar-refractivity contribution in [2.24, 2.45) is 26.7 Å². The Morgan fingerprint density at radius 1 is 0.733 bits per heavy atom. The van der Waals surface area contributed by atoms with Gasteiger partial charge in [-0.1, -0.05) is 60.7 Å². The lowest BCUT2D eigenvalue weighted by Gasteiger charge is -2.24. The number of carbonyl (C=O) groups is 4. The Labute approximate surface area is 261 Å². The van der Waals surface area contributed by atoms with Crippen LogP contribution in [0.15, 0.2) is 100 Å². The van der Waals surface area contributed by atoms with Crippen molar-refractivity contribution in [1.29, 1.82) is 0 Å². The number of hydrogen-bond donors (Lipinski definition) is 6. The lowest BCUT2D eigenvalue weighted by atomic mass is 10.0. The predicted molar refractivity (Wildman–Crippen MR) is 170 cm³/mol. The summed E-state index contributed by atoms with van der Waals surface area (Å²) in [6.45, 7) is 1.55. The van der Waals surface area contributed by atoms with E-state index in [2.05, 4.69) is 31.2 Å². The average Bonchev–Trinajstić information content (AvgIpc) is 3.02. The third-order valence-corrected chi connectivity index (χ3v) is 6.58. The average molecular weight is 615 g/mol. The molecule has 3 aromatic rings. The minimum atomic E-state index is -1.22. The normalized spacial score (nSPS) is 12.8. The molecule has 0 heterocycles. The van der Waals surface area contributed by atoms with E-state index in [9.17, 15) is 24.3 Å². The molecule has 3 rings (SSSR count). The zero-order valence-corrected chi connectivity index (χ0v) is 24.9. The molecule has 0 bridgehead atoms. The lowest BCUT2D eigenvalue weighted by molar-refractivity contribution is -0.141. The van der Waals surface area contributed by atoms with Crippen molar-refractivity contribution in [1.82, 2.24) is 16.0 Å². The number of aliphatic carboxylic acids is 1. The van der Waals surface area contributed by atoms with Gasteiger partial charge in [-0.15, -0.1) is 0 Å². The summed E-state index contributed by atoms with van der Waals surface area (Å²) in [5.41, 5.74) is 13.6. The predicted octanol–water partition coefficient (Wildman–Crippen LogP) is 2.50. The molecule has 0 aromatic heterocycles. The number of benzene rings is 3. The first-order valence-electron chi connectivity index (χ1n) is 14.4. The Kier molecular flexibility index (Phi) is 13.2. The molecule has 0 aliphatic heterocycles. The number of carbonyl (C=O) groups excluding carboxylic acids is 3. The summed E-state index contributed by atoms with van der Waals surface area (Å²) < 4.78 is 0. The molecule has 0 aliphatic rings. The molecule has 0 fully saturated rings. The Hall–Kier alpha value is -5.59. The highest BCUT2D eigenvalue weighted by Gasteiger charge is 2.28. The zero-order chi connectivity index (χ0) is 32.6. The number of guanidine groups is 1. The van der Waals surface area contributed by atoms with E-state index in [-0.39, 0.29) is 31.8 Å². The second-order valence-electron chi connectivity index (χ2n) is 10.3. The Morgan fingerprint density at radius 3 is 1.91 bits per heavy atom. The number of nitrogens with two attached hydrogens (primary N) is 2. The maximum absolute atomic E-state index is 13.5. The molecular formula is C32H38N8O5. The van der Waals surface area contributed by atoms with Crippen LogP contribution in [0.2, 0.25) is 0 Å². The molecule has 0 saturated heterocycles. The van der Waals surface area contributed by atoms with Crippen molar-refractivity contribution in [3.63, 3.8) is 0 Å². The van der Waals surface area contributed by atoms with Crippen LogP contribution in [0.25, 0.3) is 0 Å². The van der Waals surface area contributed by atoms with Gasteiger partial charge in [0.15, 0.2) is 5.96 Å². The van der Waals surface area contributed by atoms with E-state index in [1.807, 2.05) is 36.4 Å². The smallest absolute Gasteiger partial charge is 0.325 e. The van der Waals surface area contributed by atoms with Gasteiger partial charge in [0.25, 0.3) is 0 Å². The maximum Gasteiger partial charge on any atom is 0.325 e. The van der Waals surface area contributed by atoms with E-state index in [0.29, 0.717) is 23.4 Å². The molecule has 0 aliphatic carbocycles. The molecular weight excluding hydrogens is 576 g/mol. The molecule has 0 spiro atoms. The quantitative estimate of drug-likeness (QED) is 0.0613. The zero-order valence-electron chi connectivity index (χ0n) is 24.9. The number of aliphatic imine (C=N–C) groups is 1. The first-order chi connectivity index (χ1) is 21.6. The molecule has 13 nitrogen and oxygen atoms in total. The minimum Gasteiger partial charge on any atom is -0.480 e. The molecule has 0 unspecified atom stereocenters. The topological polar surface area (TPSA) is 214 Å². The van der Waals surface area contributed by atoms with E-state index in [0.717, 1.165) is 5.56 Å². The number of hydrogen-bond acceptors (Lipinski definition) is 7. The van der Waals surface area contributed by atoms with Crippen molar-refractivity contribution < 1.29 is 24.3 Å². The van der Waals surface area contributed by atoms with E-state index >= 15 is 0 Å². The van der Waals surface area contributed by atoms with Gasteiger partial charge in [-0.25, -0.2) is 0 Å². The highest BCUT2D eigenvalue weighted by Crippen LogP contribution is 2.18. The number of nitrogens with zero attached hydrogens (tertiary/aromatic N) is 3. The molecule has 8 N–H and O–H groups in total. The van der Waals surface area contributed by atoms with E-state index in [4.69, 9.17) is 11.5 Å². The van der Waals surface area contributed by atoms with Crippen LogP contribution in [0, 0.1) is 0 Å². The Balaban J connectivity index is 1.70. The SMILES string of the molecule is C[C@H](NC(=O)[C@H](Cc1ccccc1)NC(=O)[C@H](CCCN=C(N)N)NC(=O)Cc1ccc(N=Nc2ccccc2)cc1)C(=O)O.